The Morgan fingerprint density at radius 2 is 2.05 bits per heavy atom. The van der Waals surface area contributed by atoms with Gasteiger partial charge in [0.25, 0.3) is 0 Å². The predicted octanol–water partition coefficient (Wildman–Crippen LogP) is 3.19. The van der Waals surface area contributed by atoms with Gasteiger partial charge in [-0.25, -0.2) is 4.98 Å². The number of hydrogen-bond donors (Lipinski definition) is 0. The fourth-order valence-electron chi connectivity index (χ4n) is 2.39. The molecule has 1 fully saturated rings. The lowest BCUT2D eigenvalue weighted by atomic mass is 10.2. The molecule has 0 saturated carbocycles. The molecule has 0 N–H and O–H groups in total. The molecule has 1 saturated heterocycles. The predicted molar refractivity (Wildman–Crippen MR) is 83.3 cm³/mol. The topological polar surface area (TPSA) is 38.2 Å². The lowest BCUT2D eigenvalue weighted by Gasteiger charge is -2.32. The van der Waals surface area contributed by atoms with Crippen LogP contribution in [0.5, 0.6) is 0 Å². The number of pyridine rings is 2. The molecule has 20 heavy (non-hydrogen) atoms. The second kappa shape index (κ2) is 6.66. The highest BCUT2D eigenvalue weighted by Gasteiger charge is 2.18. The number of nitrogens with zero attached hydrogens (tertiary/aromatic N) is 3. The Hall–Kier alpha value is -1.68. The largest absolute Gasteiger partial charge is 0.375 e. The number of aromatic nitrogens is 2. The van der Waals surface area contributed by atoms with Crippen LogP contribution in [-0.4, -0.2) is 35.8 Å². The summed E-state index contributed by atoms with van der Waals surface area (Å²) in [5, 5.41) is 1.13. The summed E-state index contributed by atoms with van der Waals surface area (Å²) in [5.74, 6) is 1.03. The molecule has 0 aromatic carbocycles. The van der Waals surface area contributed by atoms with Crippen molar-refractivity contribution in [3.63, 3.8) is 0 Å². The maximum Gasteiger partial charge on any atom is 0.129 e. The molecule has 0 spiro atoms. The van der Waals surface area contributed by atoms with Gasteiger partial charge in [0.2, 0.25) is 0 Å². The quantitative estimate of drug-likeness (QED) is 0.800. The minimum atomic E-state index is 0.274. The fraction of sp³-hybridized carbons (Fsp3) is 0.500. The summed E-state index contributed by atoms with van der Waals surface area (Å²) < 4.78 is 5.56. The first-order valence-electron chi connectivity index (χ1n) is 7.33. The fourth-order valence-corrected chi connectivity index (χ4v) is 2.39. The summed E-state index contributed by atoms with van der Waals surface area (Å²) in [5.41, 5.74) is 2.04. The first-order valence-corrected chi connectivity index (χ1v) is 7.33. The number of ether oxygens (including phenoxy) is 1. The Morgan fingerprint density at radius 1 is 1.25 bits per heavy atom. The van der Waals surface area contributed by atoms with Crippen molar-refractivity contribution in [3.8, 4) is 0 Å². The van der Waals surface area contributed by atoms with Gasteiger partial charge in [0.05, 0.1) is 18.2 Å². The molecule has 1 aliphatic heterocycles. The van der Waals surface area contributed by atoms with Crippen LogP contribution in [0.1, 0.15) is 26.5 Å². The summed E-state index contributed by atoms with van der Waals surface area (Å²) in [6.07, 6.45) is 2.09. The number of aryl methyl sites for hydroxylation is 1. The van der Waals surface area contributed by atoms with Crippen molar-refractivity contribution in [3.05, 3.63) is 30.1 Å². The number of morpholine rings is 1. The maximum atomic E-state index is 5.56. The van der Waals surface area contributed by atoms with Gasteiger partial charge in [-0.3, -0.25) is 4.98 Å². The molecule has 2 aromatic rings. The molecule has 0 amide bonds. The van der Waals surface area contributed by atoms with Gasteiger partial charge < -0.3 is 9.64 Å². The first-order chi connectivity index (χ1) is 9.74. The van der Waals surface area contributed by atoms with Crippen LogP contribution in [-0.2, 0) is 4.74 Å². The Balaban J connectivity index is 0.000000704. The minimum Gasteiger partial charge on any atom is -0.375 e. The van der Waals surface area contributed by atoms with Gasteiger partial charge in [0.1, 0.15) is 5.82 Å². The maximum absolute atomic E-state index is 5.56. The summed E-state index contributed by atoms with van der Waals surface area (Å²) >= 11 is 0. The van der Waals surface area contributed by atoms with Gasteiger partial charge in [0.15, 0.2) is 0 Å². The average Bonchev–Trinajstić information content (AvgIpc) is 2.49. The molecule has 0 aliphatic carbocycles. The van der Waals surface area contributed by atoms with Crippen LogP contribution < -0.4 is 4.90 Å². The van der Waals surface area contributed by atoms with E-state index < -0.39 is 0 Å². The number of fused-ring (bicyclic) bond motifs is 1. The van der Waals surface area contributed by atoms with Gasteiger partial charge in [-0.2, -0.15) is 0 Å². The zero-order chi connectivity index (χ0) is 14.5. The van der Waals surface area contributed by atoms with E-state index in [1.54, 1.807) is 0 Å². The van der Waals surface area contributed by atoms with Crippen LogP contribution in [0.3, 0.4) is 0 Å². The van der Waals surface area contributed by atoms with Crippen LogP contribution in [0.25, 0.3) is 10.9 Å². The second-order valence-electron chi connectivity index (χ2n) is 4.76. The molecule has 3 rings (SSSR count). The van der Waals surface area contributed by atoms with E-state index in [1.165, 1.54) is 0 Å². The smallest absolute Gasteiger partial charge is 0.129 e. The lowest BCUT2D eigenvalue weighted by molar-refractivity contribution is 0.0529. The Labute approximate surface area is 120 Å². The Kier molecular flexibility index (Phi) is 4.90. The van der Waals surface area contributed by atoms with E-state index in [9.17, 15) is 0 Å². The molecule has 0 bridgehead atoms. The SMILES string of the molecule is CC.Cc1nccc2nc(N3CCO[C@H](C)C3)ccc12. The molecule has 108 valence electrons. The van der Waals surface area contributed by atoms with Crippen molar-refractivity contribution >= 4 is 16.7 Å². The van der Waals surface area contributed by atoms with Crippen LogP contribution in [0.2, 0.25) is 0 Å². The van der Waals surface area contributed by atoms with Gasteiger partial charge in [0, 0.05) is 30.4 Å². The van der Waals surface area contributed by atoms with E-state index in [0.29, 0.717) is 0 Å². The molecular weight excluding hydrogens is 250 g/mol. The normalized spacial score (nSPS) is 18.6. The highest BCUT2D eigenvalue weighted by Crippen LogP contribution is 2.21. The van der Waals surface area contributed by atoms with E-state index in [2.05, 4.69) is 28.9 Å². The number of rotatable bonds is 1. The standard InChI is InChI=1S/C14H17N3O.C2H6/c1-10-9-17(7-8-18-10)14-4-3-12-11(2)15-6-5-13(12)16-14;1-2/h3-6,10H,7-9H2,1-2H3;1-2H3/t10-;/m1./s1. The van der Waals surface area contributed by atoms with Gasteiger partial charge >= 0.3 is 0 Å². The monoisotopic (exact) mass is 273 g/mol. The summed E-state index contributed by atoms with van der Waals surface area (Å²) in [6.45, 7) is 10.7. The van der Waals surface area contributed by atoms with Crippen molar-refractivity contribution in [2.24, 2.45) is 0 Å². The van der Waals surface area contributed by atoms with Crippen LogP contribution in [0, 0.1) is 6.92 Å². The summed E-state index contributed by atoms with van der Waals surface area (Å²) in [7, 11) is 0. The third-order valence-corrected chi connectivity index (χ3v) is 3.37. The second-order valence-corrected chi connectivity index (χ2v) is 4.76. The van der Waals surface area contributed by atoms with E-state index in [0.717, 1.165) is 42.1 Å². The molecule has 1 aliphatic rings. The molecular formula is C16H23N3O. The van der Waals surface area contributed by atoms with Crippen molar-refractivity contribution in [2.45, 2.75) is 33.8 Å². The van der Waals surface area contributed by atoms with E-state index in [1.807, 2.05) is 33.0 Å². The van der Waals surface area contributed by atoms with Crippen LogP contribution in [0.15, 0.2) is 24.4 Å². The number of hydrogen-bond acceptors (Lipinski definition) is 4. The molecule has 0 radical (unpaired) electrons. The van der Waals surface area contributed by atoms with Crippen LogP contribution in [0.4, 0.5) is 5.82 Å². The Morgan fingerprint density at radius 3 is 2.80 bits per heavy atom. The first kappa shape index (κ1) is 14.7. The molecule has 4 nitrogen and oxygen atoms in total. The molecule has 3 heterocycles. The van der Waals surface area contributed by atoms with E-state index in [4.69, 9.17) is 9.72 Å². The molecule has 2 aromatic heterocycles. The highest BCUT2D eigenvalue weighted by molar-refractivity contribution is 5.82. The highest BCUT2D eigenvalue weighted by atomic mass is 16.5. The number of anilines is 1. The van der Waals surface area contributed by atoms with Crippen molar-refractivity contribution in [1.82, 2.24) is 9.97 Å². The summed E-state index contributed by atoms with van der Waals surface area (Å²) in [4.78, 5) is 11.3. The molecule has 0 unspecified atom stereocenters. The third-order valence-electron chi connectivity index (χ3n) is 3.37. The Bertz CT molecular complexity index is 571. The van der Waals surface area contributed by atoms with E-state index >= 15 is 0 Å². The van der Waals surface area contributed by atoms with E-state index in [-0.39, 0.29) is 6.10 Å². The lowest BCUT2D eigenvalue weighted by Crippen LogP contribution is -2.41. The van der Waals surface area contributed by atoms with Crippen molar-refractivity contribution in [1.29, 1.82) is 0 Å². The average molecular weight is 273 g/mol. The molecule has 4 heteroatoms. The zero-order valence-corrected chi connectivity index (χ0v) is 12.8. The van der Waals surface area contributed by atoms with Crippen LogP contribution >= 0.6 is 0 Å². The van der Waals surface area contributed by atoms with Gasteiger partial charge in [-0.1, -0.05) is 13.8 Å². The molecule has 1 atom stereocenters. The third kappa shape index (κ3) is 3.07. The minimum absolute atomic E-state index is 0.274. The van der Waals surface area contributed by atoms with Crippen molar-refractivity contribution < 1.29 is 4.74 Å². The van der Waals surface area contributed by atoms with Gasteiger partial charge in [-0.15, -0.1) is 0 Å². The van der Waals surface area contributed by atoms with Gasteiger partial charge in [-0.05, 0) is 32.0 Å². The zero-order valence-electron chi connectivity index (χ0n) is 12.8. The van der Waals surface area contributed by atoms with Crippen molar-refractivity contribution in [2.75, 3.05) is 24.6 Å². The summed E-state index contributed by atoms with van der Waals surface area (Å²) in [6, 6.07) is 6.16.